The number of carbonyl (C=O) groups is 1. The van der Waals surface area contributed by atoms with Crippen LogP contribution in [0.2, 0.25) is 0 Å². The molecule has 0 unspecified atom stereocenters. The van der Waals surface area contributed by atoms with Gasteiger partial charge in [0.2, 0.25) is 11.1 Å². The number of hydrogen-bond donors (Lipinski definition) is 1. The summed E-state index contributed by atoms with van der Waals surface area (Å²) in [7, 11) is 0. The summed E-state index contributed by atoms with van der Waals surface area (Å²) in [4.78, 5) is 22.5. The second-order valence-corrected chi connectivity index (χ2v) is 6.39. The van der Waals surface area contributed by atoms with Gasteiger partial charge in [-0.05, 0) is 41.1 Å². The van der Waals surface area contributed by atoms with Crippen LogP contribution < -0.4 is 5.32 Å². The SMILES string of the molecule is Cc1ccc([N+](=O)[O-])cc1NC(=O)CSc1nnnn1-c1cccc(F)c1. The van der Waals surface area contributed by atoms with Crippen LogP contribution in [0, 0.1) is 22.9 Å². The molecule has 138 valence electrons. The molecule has 0 fully saturated rings. The van der Waals surface area contributed by atoms with Crippen molar-refractivity contribution < 1.29 is 14.1 Å². The maximum atomic E-state index is 13.4. The van der Waals surface area contributed by atoms with Gasteiger partial charge < -0.3 is 5.32 Å². The lowest BCUT2D eigenvalue weighted by Gasteiger charge is -2.08. The molecule has 1 N–H and O–H groups in total. The molecule has 0 bridgehead atoms. The predicted octanol–water partition coefficient (Wildman–Crippen LogP) is 2.75. The normalized spacial score (nSPS) is 10.6. The number of non-ortho nitro benzene ring substituents is 1. The van der Waals surface area contributed by atoms with Gasteiger partial charge in [-0.2, -0.15) is 4.68 Å². The quantitative estimate of drug-likeness (QED) is 0.392. The Balaban J connectivity index is 1.68. The fourth-order valence-corrected chi connectivity index (χ4v) is 2.90. The van der Waals surface area contributed by atoms with Crippen LogP contribution in [0.1, 0.15) is 5.56 Å². The van der Waals surface area contributed by atoms with Crippen LogP contribution in [0.4, 0.5) is 15.8 Å². The summed E-state index contributed by atoms with van der Waals surface area (Å²) < 4.78 is 14.7. The molecule has 0 spiro atoms. The van der Waals surface area contributed by atoms with Crippen molar-refractivity contribution >= 4 is 29.0 Å². The zero-order valence-corrected chi connectivity index (χ0v) is 14.8. The predicted molar refractivity (Wildman–Crippen MR) is 96.3 cm³/mol. The first-order valence-electron chi connectivity index (χ1n) is 7.66. The van der Waals surface area contributed by atoms with Gasteiger partial charge in [-0.15, -0.1) is 5.10 Å². The minimum atomic E-state index is -0.531. The first-order chi connectivity index (χ1) is 12.9. The van der Waals surface area contributed by atoms with Crippen molar-refractivity contribution in [3.63, 3.8) is 0 Å². The van der Waals surface area contributed by atoms with Crippen molar-refractivity contribution in [2.45, 2.75) is 12.1 Å². The van der Waals surface area contributed by atoms with Gasteiger partial charge in [0.05, 0.1) is 22.1 Å². The van der Waals surface area contributed by atoms with Crippen LogP contribution in [-0.4, -0.2) is 36.8 Å². The number of aryl methyl sites for hydroxylation is 1. The summed E-state index contributed by atoms with van der Waals surface area (Å²) in [6, 6.07) is 9.96. The number of carbonyl (C=O) groups excluding carboxylic acids is 1. The Morgan fingerprint density at radius 2 is 2.15 bits per heavy atom. The minimum absolute atomic E-state index is 0.0299. The number of tetrazole rings is 1. The molecule has 1 amide bonds. The largest absolute Gasteiger partial charge is 0.325 e. The van der Waals surface area contributed by atoms with E-state index in [9.17, 15) is 19.3 Å². The third-order valence-corrected chi connectivity index (χ3v) is 4.45. The van der Waals surface area contributed by atoms with Gasteiger partial charge in [0.1, 0.15) is 5.82 Å². The van der Waals surface area contributed by atoms with Gasteiger partial charge in [-0.25, -0.2) is 4.39 Å². The van der Waals surface area contributed by atoms with Crippen LogP contribution in [0.5, 0.6) is 0 Å². The number of anilines is 1. The Bertz CT molecular complexity index is 1010. The number of nitro benzene ring substituents is 1. The smallest absolute Gasteiger partial charge is 0.271 e. The number of rotatable bonds is 6. The van der Waals surface area contributed by atoms with E-state index in [-0.39, 0.29) is 17.3 Å². The maximum Gasteiger partial charge on any atom is 0.271 e. The molecule has 1 heterocycles. The number of benzene rings is 2. The molecule has 0 radical (unpaired) electrons. The van der Waals surface area contributed by atoms with Crippen molar-refractivity contribution in [1.29, 1.82) is 0 Å². The number of nitrogens with zero attached hydrogens (tertiary/aromatic N) is 5. The van der Waals surface area contributed by atoms with Gasteiger partial charge in [0, 0.05) is 12.1 Å². The molecular weight excluding hydrogens is 375 g/mol. The highest BCUT2D eigenvalue weighted by Crippen LogP contribution is 2.23. The molecule has 27 heavy (non-hydrogen) atoms. The molecule has 0 aliphatic heterocycles. The summed E-state index contributed by atoms with van der Waals surface area (Å²) in [5, 5.41) is 25.0. The lowest BCUT2D eigenvalue weighted by atomic mass is 10.2. The average Bonchev–Trinajstić information content (AvgIpc) is 3.10. The van der Waals surface area contributed by atoms with Crippen LogP contribution in [0.3, 0.4) is 0 Å². The molecule has 0 atom stereocenters. The Morgan fingerprint density at radius 3 is 2.89 bits per heavy atom. The first kappa shape index (κ1) is 18.5. The summed E-state index contributed by atoms with van der Waals surface area (Å²) in [5.41, 5.74) is 1.37. The summed E-state index contributed by atoms with van der Waals surface area (Å²) in [5.74, 6) is -0.840. The Hall–Kier alpha value is -3.34. The second-order valence-electron chi connectivity index (χ2n) is 5.45. The van der Waals surface area contributed by atoms with Gasteiger partial charge in [-0.3, -0.25) is 14.9 Å². The summed E-state index contributed by atoms with van der Waals surface area (Å²) in [6.07, 6.45) is 0. The molecule has 3 rings (SSSR count). The number of nitrogens with one attached hydrogen (secondary N) is 1. The van der Waals surface area contributed by atoms with E-state index in [0.29, 0.717) is 22.1 Å². The van der Waals surface area contributed by atoms with Gasteiger partial charge in [-0.1, -0.05) is 23.9 Å². The van der Waals surface area contributed by atoms with E-state index >= 15 is 0 Å². The molecule has 0 saturated heterocycles. The molecule has 3 aromatic rings. The van der Waals surface area contributed by atoms with Crippen molar-refractivity contribution in [3.05, 3.63) is 64.0 Å². The van der Waals surface area contributed by atoms with Crippen molar-refractivity contribution in [1.82, 2.24) is 20.2 Å². The number of hydrogen-bond acceptors (Lipinski definition) is 7. The third kappa shape index (κ3) is 4.44. The summed E-state index contributed by atoms with van der Waals surface area (Å²) >= 11 is 1.06. The van der Waals surface area contributed by atoms with Crippen molar-refractivity contribution in [3.8, 4) is 5.69 Å². The molecule has 11 heteroatoms. The van der Waals surface area contributed by atoms with Gasteiger partial charge >= 0.3 is 0 Å². The first-order valence-corrected chi connectivity index (χ1v) is 8.64. The van der Waals surface area contributed by atoms with Crippen LogP contribution in [0.25, 0.3) is 5.69 Å². The number of halogens is 1. The fourth-order valence-electron chi connectivity index (χ4n) is 2.21. The molecule has 1 aromatic heterocycles. The van der Waals surface area contributed by atoms with Crippen LogP contribution in [0.15, 0.2) is 47.6 Å². The monoisotopic (exact) mass is 388 g/mol. The lowest BCUT2D eigenvalue weighted by molar-refractivity contribution is -0.384. The Kier molecular flexibility index (Phi) is 5.41. The minimum Gasteiger partial charge on any atom is -0.325 e. The van der Waals surface area contributed by atoms with Gasteiger partial charge in [0.15, 0.2) is 0 Å². The standard InChI is InChI=1S/C16H13FN6O3S/c1-10-5-6-13(23(25)26)8-14(10)18-15(24)9-27-16-19-20-21-22(16)12-4-2-3-11(17)7-12/h2-8H,9H2,1H3,(H,18,24). The van der Waals surface area contributed by atoms with E-state index in [2.05, 4.69) is 20.8 Å². The van der Waals surface area contributed by atoms with Crippen molar-refractivity contribution in [2.75, 3.05) is 11.1 Å². The third-order valence-electron chi connectivity index (χ3n) is 3.53. The van der Waals surface area contributed by atoms with Crippen LogP contribution in [-0.2, 0) is 4.79 Å². The molecule has 0 saturated carbocycles. The topological polar surface area (TPSA) is 116 Å². The molecule has 0 aliphatic carbocycles. The number of aromatic nitrogens is 4. The van der Waals surface area contributed by atoms with E-state index in [1.165, 1.54) is 35.0 Å². The Morgan fingerprint density at radius 1 is 1.33 bits per heavy atom. The van der Waals surface area contributed by atoms with E-state index in [1.54, 1.807) is 19.1 Å². The second kappa shape index (κ2) is 7.91. The van der Waals surface area contributed by atoms with E-state index in [4.69, 9.17) is 0 Å². The molecule has 9 nitrogen and oxygen atoms in total. The fraction of sp³-hybridized carbons (Fsp3) is 0.125. The van der Waals surface area contributed by atoms with Crippen molar-refractivity contribution in [2.24, 2.45) is 0 Å². The number of thioether (sulfide) groups is 1. The van der Waals surface area contributed by atoms with Gasteiger partial charge in [0.25, 0.3) is 5.69 Å². The molecule has 0 aliphatic rings. The molecular formula is C16H13FN6O3S. The average molecular weight is 388 g/mol. The van der Waals surface area contributed by atoms with E-state index in [1.807, 2.05) is 0 Å². The zero-order valence-electron chi connectivity index (χ0n) is 14.0. The number of nitro groups is 1. The highest BCUT2D eigenvalue weighted by molar-refractivity contribution is 7.99. The number of amides is 1. The maximum absolute atomic E-state index is 13.4. The highest BCUT2D eigenvalue weighted by Gasteiger charge is 2.14. The Labute approximate surface area is 156 Å². The summed E-state index contributed by atoms with van der Waals surface area (Å²) in [6.45, 7) is 1.73. The van der Waals surface area contributed by atoms with E-state index in [0.717, 1.165) is 11.8 Å². The molecule has 2 aromatic carbocycles. The lowest BCUT2D eigenvalue weighted by Crippen LogP contribution is -2.15. The zero-order chi connectivity index (χ0) is 19.4. The van der Waals surface area contributed by atoms with E-state index < -0.39 is 10.7 Å². The highest BCUT2D eigenvalue weighted by atomic mass is 32.2. The van der Waals surface area contributed by atoms with Crippen LogP contribution >= 0.6 is 11.8 Å².